The van der Waals surface area contributed by atoms with Crippen LogP contribution >= 0.6 is 0 Å². The summed E-state index contributed by atoms with van der Waals surface area (Å²) in [6.45, 7) is 0. The maximum Gasteiger partial charge on any atom is 0.194 e. The molecule has 1 aliphatic carbocycles. The van der Waals surface area contributed by atoms with Crippen molar-refractivity contribution in [2.45, 2.75) is 0 Å². The van der Waals surface area contributed by atoms with Gasteiger partial charge in [0.25, 0.3) is 0 Å². The van der Waals surface area contributed by atoms with Crippen LogP contribution in [-0.4, -0.2) is 21.1 Å². The average molecular weight is 344 g/mol. The lowest BCUT2D eigenvalue weighted by Gasteiger charge is -2.17. The molecule has 0 amide bonds. The minimum Gasteiger partial charge on any atom is -0.508 e. The monoisotopic (exact) mass is 344 g/mol. The normalized spacial score (nSPS) is 12.4. The minimum atomic E-state index is -0.252. The van der Waals surface area contributed by atoms with Crippen LogP contribution in [0, 0.1) is 0 Å². The summed E-state index contributed by atoms with van der Waals surface area (Å²) in [5.74, 6) is 0.109. The van der Waals surface area contributed by atoms with Gasteiger partial charge in [0.15, 0.2) is 5.78 Å². The number of ketones is 1. The number of hydrogen-bond donors (Lipinski definition) is 3. The first kappa shape index (κ1) is 14.6. The number of phenols is 3. The molecule has 3 N–H and O–H groups in total. The van der Waals surface area contributed by atoms with E-state index in [-0.39, 0.29) is 23.0 Å². The molecule has 1 heterocycles. The largest absolute Gasteiger partial charge is 0.508 e. The second kappa shape index (κ2) is 4.89. The van der Waals surface area contributed by atoms with Crippen molar-refractivity contribution >= 4 is 16.8 Å². The zero-order valence-corrected chi connectivity index (χ0v) is 13.4. The van der Waals surface area contributed by atoms with Crippen molar-refractivity contribution < 1.29 is 24.5 Å². The molecule has 0 saturated carbocycles. The molecule has 1 aliphatic rings. The van der Waals surface area contributed by atoms with Gasteiger partial charge in [-0.3, -0.25) is 4.79 Å². The smallest absolute Gasteiger partial charge is 0.194 e. The fourth-order valence-corrected chi connectivity index (χ4v) is 3.59. The van der Waals surface area contributed by atoms with Crippen molar-refractivity contribution in [3.8, 4) is 39.7 Å². The van der Waals surface area contributed by atoms with Crippen LogP contribution in [0.5, 0.6) is 17.2 Å². The quantitative estimate of drug-likeness (QED) is 0.418. The van der Waals surface area contributed by atoms with E-state index in [9.17, 15) is 20.1 Å². The zero-order chi connectivity index (χ0) is 18.0. The van der Waals surface area contributed by atoms with Crippen molar-refractivity contribution in [3.05, 3.63) is 65.7 Å². The SMILES string of the molecule is O=C1c2ccc(O)cc2-c2c(-c3ccccc3O)oc3cc(O)cc1c23. The number of rotatable bonds is 1. The summed E-state index contributed by atoms with van der Waals surface area (Å²) in [7, 11) is 0. The number of hydrogen-bond acceptors (Lipinski definition) is 5. The highest BCUT2D eigenvalue weighted by Crippen LogP contribution is 2.50. The highest BCUT2D eigenvalue weighted by molar-refractivity contribution is 6.27. The molecule has 3 aromatic carbocycles. The van der Waals surface area contributed by atoms with E-state index in [0.717, 1.165) is 0 Å². The molecule has 0 aliphatic heterocycles. The standard InChI is InChI=1S/C21H12O5/c22-10-5-6-12-14(7-10)19-18-15(20(12)25)8-11(23)9-17(18)26-21(19)13-3-1-2-4-16(13)24/h1-9,22-24H. The lowest BCUT2D eigenvalue weighted by Crippen LogP contribution is -2.08. The summed E-state index contributed by atoms with van der Waals surface area (Å²) in [5, 5.41) is 30.8. The topological polar surface area (TPSA) is 90.9 Å². The van der Waals surface area contributed by atoms with Crippen LogP contribution in [0.3, 0.4) is 0 Å². The molecule has 5 heteroatoms. The third kappa shape index (κ3) is 1.82. The molecule has 0 saturated heterocycles. The summed E-state index contributed by atoms with van der Waals surface area (Å²) < 4.78 is 5.95. The van der Waals surface area contributed by atoms with Crippen molar-refractivity contribution in [1.82, 2.24) is 0 Å². The highest BCUT2D eigenvalue weighted by Gasteiger charge is 2.32. The fourth-order valence-electron chi connectivity index (χ4n) is 3.59. The number of benzene rings is 3. The Bertz CT molecular complexity index is 1230. The van der Waals surface area contributed by atoms with Gasteiger partial charge in [0.05, 0.1) is 5.56 Å². The first-order valence-electron chi connectivity index (χ1n) is 8.00. The van der Waals surface area contributed by atoms with Gasteiger partial charge in [0.1, 0.15) is 28.6 Å². The minimum absolute atomic E-state index is 0.0244. The third-order valence-electron chi connectivity index (χ3n) is 4.69. The summed E-state index contributed by atoms with van der Waals surface area (Å²) >= 11 is 0. The third-order valence-corrected chi connectivity index (χ3v) is 4.69. The lowest BCUT2D eigenvalue weighted by molar-refractivity contribution is 0.104. The number of para-hydroxylation sites is 1. The molecule has 0 radical (unpaired) electrons. The van der Waals surface area contributed by atoms with E-state index in [0.29, 0.717) is 44.5 Å². The Labute approximate surface area is 147 Å². The number of carbonyl (C=O) groups is 1. The second-order valence-corrected chi connectivity index (χ2v) is 6.25. The Hall–Kier alpha value is -3.73. The predicted molar refractivity (Wildman–Crippen MR) is 95.5 cm³/mol. The van der Waals surface area contributed by atoms with Gasteiger partial charge >= 0.3 is 0 Å². The molecule has 4 aromatic rings. The number of aromatic hydroxyl groups is 3. The van der Waals surface area contributed by atoms with Crippen LogP contribution in [0.25, 0.3) is 33.4 Å². The predicted octanol–water partition coefficient (Wildman–Crippen LogP) is 4.43. The molecule has 126 valence electrons. The van der Waals surface area contributed by atoms with Crippen molar-refractivity contribution in [3.63, 3.8) is 0 Å². The molecule has 26 heavy (non-hydrogen) atoms. The Kier molecular flexibility index (Phi) is 2.75. The molecule has 0 fully saturated rings. The van der Waals surface area contributed by atoms with Gasteiger partial charge in [-0.15, -0.1) is 0 Å². The number of fused-ring (bicyclic) bond motifs is 2. The maximum absolute atomic E-state index is 12.9. The van der Waals surface area contributed by atoms with Gasteiger partial charge in [0.2, 0.25) is 0 Å². The van der Waals surface area contributed by atoms with E-state index >= 15 is 0 Å². The van der Waals surface area contributed by atoms with Crippen molar-refractivity contribution in [2.24, 2.45) is 0 Å². The van der Waals surface area contributed by atoms with E-state index in [1.807, 2.05) is 0 Å². The Morgan fingerprint density at radius 2 is 1.50 bits per heavy atom. The fraction of sp³-hybridized carbons (Fsp3) is 0. The molecule has 0 spiro atoms. The highest BCUT2D eigenvalue weighted by atomic mass is 16.3. The Morgan fingerprint density at radius 1 is 0.731 bits per heavy atom. The van der Waals surface area contributed by atoms with Crippen LogP contribution in [-0.2, 0) is 0 Å². The van der Waals surface area contributed by atoms with Crippen LogP contribution in [0.4, 0.5) is 0 Å². The summed E-state index contributed by atoms with van der Waals surface area (Å²) in [6.07, 6.45) is 0. The zero-order valence-electron chi connectivity index (χ0n) is 13.4. The Morgan fingerprint density at radius 3 is 2.31 bits per heavy atom. The van der Waals surface area contributed by atoms with E-state index < -0.39 is 0 Å². The Balaban J connectivity index is 2.00. The van der Waals surface area contributed by atoms with Gasteiger partial charge < -0.3 is 19.7 Å². The van der Waals surface area contributed by atoms with Crippen LogP contribution in [0.15, 0.2) is 59.0 Å². The van der Waals surface area contributed by atoms with E-state index in [2.05, 4.69) is 0 Å². The molecule has 0 atom stereocenters. The summed E-state index contributed by atoms with van der Waals surface area (Å²) in [6, 6.07) is 14.1. The van der Waals surface area contributed by atoms with Crippen molar-refractivity contribution in [1.29, 1.82) is 0 Å². The van der Waals surface area contributed by atoms with Crippen LogP contribution in [0.1, 0.15) is 15.9 Å². The van der Waals surface area contributed by atoms with Gasteiger partial charge in [-0.2, -0.15) is 0 Å². The molecule has 5 rings (SSSR count). The maximum atomic E-state index is 12.9. The molecule has 1 aromatic heterocycles. The van der Waals surface area contributed by atoms with Gasteiger partial charge in [0, 0.05) is 33.7 Å². The molecular formula is C21H12O5. The van der Waals surface area contributed by atoms with Crippen LogP contribution < -0.4 is 0 Å². The number of phenolic OH excluding ortho intramolecular Hbond substituents is 3. The molecule has 0 unspecified atom stereocenters. The first-order chi connectivity index (χ1) is 12.5. The van der Waals surface area contributed by atoms with Crippen molar-refractivity contribution in [2.75, 3.05) is 0 Å². The van der Waals surface area contributed by atoms with E-state index in [1.165, 1.54) is 24.3 Å². The van der Waals surface area contributed by atoms with Gasteiger partial charge in [-0.25, -0.2) is 0 Å². The molecule has 5 nitrogen and oxygen atoms in total. The molecule has 0 bridgehead atoms. The average Bonchev–Trinajstić information content (AvgIpc) is 2.99. The van der Waals surface area contributed by atoms with Crippen LogP contribution in [0.2, 0.25) is 0 Å². The lowest BCUT2D eigenvalue weighted by atomic mass is 9.83. The van der Waals surface area contributed by atoms with Gasteiger partial charge in [-0.1, -0.05) is 12.1 Å². The number of carbonyl (C=O) groups excluding carboxylic acids is 1. The summed E-state index contributed by atoms with van der Waals surface area (Å²) in [4.78, 5) is 12.9. The second-order valence-electron chi connectivity index (χ2n) is 6.25. The van der Waals surface area contributed by atoms with E-state index in [4.69, 9.17) is 4.42 Å². The van der Waals surface area contributed by atoms with Gasteiger partial charge in [-0.05, 0) is 36.4 Å². The summed E-state index contributed by atoms with van der Waals surface area (Å²) in [5.41, 5.74) is 2.69. The number of furan rings is 1. The first-order valence-corrected chi connectivity index (χ1v) is 8.00. The van der Waals surface area contributed by atoms with E-state index in [1.54, 1.807) is 30.3 Å². The molecular weight excluding hydrogens is 332 g/mol.